The Hall–Kier alpha value is -1.44. The number of imidazole rings is 1. The van der Waals surface area contributed by atoms with E-state index in [2.05, 4.69) is 25.7 Å². The average Bonchev–Trinajstić information content (AvgIpc) is 2.47. The van der Waals surface area contributed by atoms with Gasteiger partial charge in [-0.05, 0) is 32.8 Å². The van der Waals surface area contributed by atoms with Gasteiger partial charge in [0.15, 0.2) is 4.60 Å². The van der Waals surface area contributed by atoms with Crippen LogP contribution in [0.25, 0.3) is 0 Å². The molecule has 0 atom stereocenters. The van der Waals surface area contributed by atoms with E-state index in [-0.39, 0.29) is 11.2 Å². The molecule has 0 fully saturated rings. The molecule has 7 nitrogen and oxygen atoms in total. The summed E-state index contributed by atoms with van der Waals surface area (Å²) in [7, 11) is 0. The van der Waals surface area contributed by atoms with Crippen LogP contribution >= 0.6 is 15.9 Å². The van der Waals surface area contributed by atoms with Crippen molar-refractivity contribution in [2.45, 2.75) is 6.92 Å². The number of nitrogens with zero attached hydrogens (tertiary/aromatic N) is 3. The van der Waals surface area contributed by atoms with E-state index in [1.165, 1.54) is 0 Å². The monoisotopic (exact) mass is 263 g/mol. The molecule has 0 radical (unpaired) electrons. The van der Waals surface area contributed by atoms with Gasteiger partial charge in [-0.2, -0.15) is 4.57 Å². The molecule has 14 heavy (non-hydrogen) atoms. The van der Waals surface area contributed by atoms with Crippen molar-refractivity contribution in [1.82, 2.24) is 9.55 Å². The number of hydrogen-bond donors (Lipinski definition) is 0. The molecule has 1 aromatic rings. The number of aromatic nitrogens is 2. The van der Waals surface area contributed by atoms with Crippen LogP contribution in [-0.4, -0.2) is 27.2 Å². The van der Waals surface area contributed by atoms with Gasteiger partial charge in [-0.15, -0.1) is 0 Å². The first-order chi connectivity index (χ1) is 6.57. The summed E-state index contributed by atoms with van der Waals surface area (Å²) >= 11 is 2.88. The van der Waals surface area contributed by atoms with E-state index in [9.17, 15) is 14.9 Å². The van der Waals surface area contributed by atoms with Crippen LogP contribution in [0.3, 0.4) is 0 Å². The molecule has 1 aromatic heterocycles. The summed E-state index contributed by atoms with van der Waals surface area (Å²) in [5.74, 6) is -0.418. The van der Waals surface area contributed by atoms with Gasteiger partial charge in [0.1, 0.15) is 0 Å². The van der Waals surface area contributed by atoms with Crippen molar-refractivity contribution in [3.05, 3.63) is 21.0 Å². The minimum atomic E-state index is -0.708. The Balaban J connectivity index is 3.00. The van der Waals surface area contributed by atoms with E-state index in [0.717, 1.165) is 10.9 Å². The van der Waals surface area contributed by atoms with E-state index in [4.69, 9.17) is 0 Å². The highest BCUT2D eigenvalue weighted by atomic mass is 79.9. The summed E-state index contributed by atoms with van der Waals surface area (Å²) in [5.41, 5.74) is 0. The lowest BCUT2D eigenvalue weighted by Crippen LogP contribution is -2.12. The minimum absolute atomic E-state index is 0.0269. The molecule has 0 aliphatic heterocycles. The first kappa shape index (κ1) is 10.6. The van der Waals surface area contributed by atoms with E-state index in [0.29, 0.717) is 0 Å². The first-order valence-electron chi connectivity index (χ1n) is 3.62. The molecule has 0 amide bonds. The van der Waals surface area contributed by atoms with Gasteiger partial charge in [0.05, 0.1) is 6.61 Å². The number of halogens is 1. The lowest BCUT2D eigenvalue weighted by atomic mass is 10.7. The normalized spacial score (nSPS) is 9.86. The second-order valence-corrected chi connectivity index (χ2v) is 2.94. The van der Waals surface area contributed by atoms with Crippen molar-refractivity contribution in [3.8, 4) is 0 Å². The maximum atomic E-state index is 11.1. The van der Waals surface area contributed by atoms with Gasteiger partial charge in [0.25, 0.3) is 0 Å². The molecule has 8 heteroatoms. The molecule has 0 aliphatic rings. The smallest absolute Gasteiger partial charge is 0.422 e. The quantitative estimate of drug-likeness (QED) is 0.597. The Morgan fingerprint density at radius 2 is 2.50 bits per heavy atom. The van der Waals surface area contributed by atoms with E-state index in [1.807, 2.05) is 0 Å². The van der Waals surface area contributed by atoms with Gasteiger partial charge in [-0.25, -0.2) is 4.79 Å². The minimum Gasteiger partial charge on any atom is -0.449 e. The number of nitro groups is 1. The van der Waals surface area contributed by atoms with Crippen LogP contribution in [0.2, 0.25) is 0 Å². The van der Waals surface area contributed by atoms with Crippen LogP contribution in [0.5, 0.6) is 0 Å². The molecule has 0 spiro atoms. The molecule has 0 aliphatic carbocycles. The summed E-state index contributed by atoms with van der Waals surface area (Å²) in [6, 6.07) is 0. The standard InChI is InChI=1S/C6H6BrN3O4/c1-2-14-6(11)9-3-8-5(4(9)7)10(12)13/h3H,2H2,1H3. The summed E-state index contributed by atoms with van der Waals surface area (Å²) < 4.78 is 5.52. The van der Waals surface area contributed by atoms with Crippen molar-refractivity contribution < 1.29 is 14.5 Å². The third kappa shape index (κ3) is 1.90. The van der Waals surface area contributed by atoms with Crippen LogP contribution in [0.1, 0.15) is 6.92 Å². The zero-order valence-corrected chi connectivity index (χ0v) is 8.72. The lowest BCUT2D eigenvalue weighted by molar-refractivity contribution is -0.390. The molecule has 0 unspecified atom stereocenters. The Kier molecular flexibility index (Phi) is 3.18. The molecular weight excluding hydrogens is 258 g/mol. The molecule has 0 saturated carbocycles. The molecule has 1 rings (SSSR count). The lowest BCUT2D eigenvalue weighted by Gasteiger charge is -2.00. The highest BCUT2D eigenvalue weighted by Crippen LogP contribution is 2.22. The predicted molar refractivity (Wildman–Crippen MR) is 49.0 cm³/mol. The summed E-state index contributed by atoms with van der Waals surface area (Å²) in [6.45, 7) is 1.83. The third-order valence-corrected chi connectivity index (χ3v) is 2.07. The van der Waals surface area contributed by atoms with Crippen LogP contribution in [-0.2, 0) is 4.74 Å². The molecule has 1 heterocycles. The molecule has 0 bridgehead atoms. The Labute approximate surface area is 87.0 Å². The summed E-state index contributed by atoms with van der Waals surface area (Å²) in [5, 5.41) is 10.4. The summed E-state index contributed by atoms with van der Waals surface area (Å²) in [4.78, 5) is 24.3. The average molecular weight is 264 g/mol. The van der Waals surface area contributed by atoms with Crippen molar-refractivity contribution in [1.29, 1.82) is 0 Å². The second-order valence-electron chi connectivity index (χ2n) is 2.19. The van der Waals surface area contributed by atoms with Crippen LogP contribution in [0, 0.1) is 10.1 Å². The van der Waals surface area contributed by atoms with Crippen molar-refractivity contribution in [3.63, 3.8) is 0 Å². The highest BCUT2D eigenvalue weighted by molar-refractivity contribution is 9.10. The molecule has 0 saturated heterocycles. The Bertz CT molecular complexity index is 375. The van der Waals surface area contributed by atoms with Gasteiger partial charge < -0.3 is 14.9 Å². The van der Waals surface area contributed by atoms with E-state index >= 15 is 0 Å². The fourth-order valence-electron chi connectivity index (χ4n) is 0.767. The van der Waals surface area contributed by atoms with Gasteiger partial charge in [0, 0.05) is 0 Å². The van der Waals surface area contributed by atoms with E-state index in [1.54, 1.807) is 6.92 Å². The van der Waals surface area contributed by atoms with Crippen molar-refractivity contribution >= 4 is 27.8 Å². The zero-order chi connectivity index (χ0) is 10.7. The molecule has 0 aromatic carbocycles. The van der Waals surface area contributed by atoms with Gasteiger partial charge in [0.2, 0.25) is 6.33 Å². The second kappa shape index (κ2) is 4.18. The Morgan fingerprint density at radius 3 is 2.93 bits per heavy atom. The number of carbonyl (C=O) groups is 1. The molecule has 76 valence electrons. The molecular formula is C6H6BrN3O4. The number of hydrogen-bond acceptors (Lipinski definition) is 5. The van der Waals surface area contributed by atoms with Crippen LogP contribution in [0.15, 0.2) is 10.9 Å². The first-order valence-corrected chi connectivity index (χ1v) is 4.41. The zero-order valence-electron chi connectivity index (χ0n) is 7.14. The molecule has 0 N–H and O–H groups in total. The van der Waals surface area contributed by atoms with Crippen molar-refractivity contribution in [2.75, 3.05) is 6.61 Å². The maximum Gasteiger partial charge on any atom is 0.422 e. The maximum absolute atomic E-state index is 11.1. The highest BCUT2D eigenvalue weighted by Gasteiger charge is 2.23. The SMILES string of the molecule is CCOC(=O)n1cnc([N+](=O)[O-])c1Br. The van der Waals surface area contributed by atoms with E-state index < -0.39 is 16.8 Å². The fraction of sp³-hybridized carbons (Fsp3) is 0.333. The third-order valence-electron chi connectivity index (χ3n) is 1.33. The van der Waals surface area contributed by atoms with Crippen LogP contribution < -0.4 is 0 Å². The van der Waals surface area contributed by atoms with Gasteiger partial charge in [-0.3, -0.25) is 0 Å². The summed E-state index contributed by atoms with van der Waals surface area (Å²) in [6.07, 6.45) is 0.320. The number of ether oxygens (including phenoxy) is 1. The van der Waals surface area contributed by atoms with Crippen LogP contribution in [0.4, 0.5) is 10.6 Å². The topological polar surface area (TPSA) is 87.3 Å². The fourth-order valence-corrected chi connectivity index (χ4v) is 1.25. The van der Waals surface area contributed by atoms with Gasteiger partial charge >= 0.3 is 11.9 Å². The van der Waals surface area contributed by atoms with Crippen molar-refractivity contribution in [2.24, 2.45) is 0 Å². The number of carbonyl (C=O) groups excluding carboxylic acids is 1. The predicted octanol–water partition coefficient (Wildman–Crippen LogP) is 1.56. The largest absolute Gasteiger partial charge is 0.449 e. The Morgan fingerprint density at radius 1 is 1.86 bits per heavy atom. The number of rotatable bonds is 2. The van der Waals surface area contributed by atoms with Gasteiger partial charge in [-0.1, -0.05) is 0 Å².